The molecule has 0 spiro atoms. The summed E-state index contributed by atoms with van der Waals surface area (Å²) in [5.41, 5.74) is 1.61. The Morgan fingerprint density at radius 2 is 2.05 bits per heavy atom. The summed E-state index contributed by atoms with van der Waals surface area (Å²) in [5, 5.41) is 10.5. The van der Waals surface area contributed by atoms with Crippen LogP contribution in [0.4, 0.5) is 13.2 Å². The monoisotopic (exact) mass is 274 g/mol. The summed E-state index contributed by atoms with van der Waals surface area (Å²) in [6.07, 6.45) is -5.61. The summed E-state index contributed by atoms with van der Waals surface area (Å²) in [6.45, 7) is 0.0662. The number of aliphatic hydroxyl groups excluding tert-OH is 1. The average molecular weight is 274 g/mol. The van der Waals surface area contributed by atoms with Gasteiger partial charge in [-0.3, -0.25) is 0 Å². The second-order valence-corrected chi connectivity index (χ2v) is 4.34. The van der Waals surface area contributed by atoms with Crippen LogP contribution in [-0.2, 0) is 4.74 Å². The predicted molar refractivity (Wildman–Crippen MR) is 62.8 cm³/mol. The van der Waals surface area contributed by atoms with E-state index in [-0.39, 0.29) is 5.76 Å². The van der Waals surface area contributed by atoms with E-state index in [1.54, 1.807) is 12.1 Å². The first-order valence-corrected chi connectivity index (χ1v) is 5.68. The number of hydrogen-bond acceptors (Lipinski definition) is 3. The molecule has 0 aliphatic carbocycles. The van der Waals surface area contributed by atoms with Crippen LogP contribution < -0.4 is 0 Å². The van der Waals surface area contributed by atoms with Gasteiger partial charge in [0.2, 0.25) is 0 Å². The van der Waals surface area contributed by atoms with Gasteiger partial charge in [0.05, 0.1) is 6.61 Å². The van der Waals surface area contributed by atoms with E-state index in [9.17, 15) is 18.3 Å². The zero-order valence-corrected chi connectivity index (χ0v) is 10.2. The Morgan fingerprint density at radius 1 is 1.32 bits per heavy atom. The van der Waals surface area contributed by atoms with Crippen molar-refractivity contribution in [2.45, 2.75) is 19.2 Å². The Kier molecular flexibility index (Phi) is 3.82. The summed E-state index contributed by atoms with van der Waals surface area (Å²) in [7, 11) is 0. The molecule has 6 heteroatoms. The second kappa shape index (κ2) is 5.22. The molecule has 0 radical (unpaired) electrons. The third-order valence-electron chi connectivity index (χ3n) is 2.56. The minimum atomic E-state index is -4.40. The number of furan rings is 1. The number of rotatable bonds is 4. The number of alkyl halides is 3. The van der Waals surface area contributed by atoms with Crippen molar-refractivity contribution >= 4 is 11.0 Å². The van der Waals surface area contributed by atoms with E-state index in [0.717, 1.165) is 10.9 Å². The first-order valence-electron chi connectivity index (χ1n) is 5.68. The van der Waals surface area contributed by atoms with Gasteiger partial charge in [-0.25, -0.2) is 0 Å². The van der Waals surface area contributed by atoms with Crippen LogP contribution in [0.15, 0.2) is 28.7 Å². The molecule has 0 saturated heterocycles. The first kappa shape index (κ1) is 13.9. The summed E-state index contributed by atoms with van der Waals surface area (Å²) in [6, 6.07) is 7.06. The molecule has 1 heterocycles. The normalized spacial score (nSPS) is 13.9. The van der Waals surface area contributed by atoms with Gasteiger partial charge in [0.25, 0.3) is 0 Å². The van der Waals surface area contributed by atoms with Crippen LogP contribution in [0.2, 0.25) is 0 Å². The van der Waals surface area contributed by atoms with E-state index in [4.69, 9.17) is 4.42 Å². The van der Waals surface area contributed by atoms with Gasteiger partial charge in [-0.1, -0.05) is 11.6 Å². The number of halogens is 3. The summed E-state index contributed by atoms with van der Waals surface area (Å²) >= 11 is 0. The van der Waals surface area contributed by atoms with Crippen LogP contribution in [0.3, 0.4) is 0 Å². The van der Waals surface area contributed by atoms with Crippen molar-refractivity contribution in [1.82, 2.24) is 0 Å². The zero-order valence-electron chi connectivity index (χ0n) is 10.2. The summed E-state index contributed by atoms with van der Waals surface area (Å²) < 4.78 is 45.4. The lowest BCUT2D eigenvalue weighted by Gasteiger charge is -2.10. The van der Waals surface area contributed by atoms with Crippen molar-refractivity contribution in [3.05, 3.63) is 35.6 Å². The first-order chi connectivity index (χ1) is 8.85. The maximum absolute atomic E-state index is 11.9. The summed E-state index contributed by atoms with van der Waals surface area (Å²) in [4.78, 5) is 0. The van der Waals surface area contributed by atoms with Gasteiger partial charge >= 0.3 is 6.18 Å². The van der Waals surface area contributed by atoms with Crippen molar-refractivity contribution in [3.8, 4) is 0 Å². The highest BCUT2D eigenvalue weighted by atomic mass is 19.4. The minimum Gasteiger partial charge on any atom is -0.458 e. The van der Waals surface area contributed by atoms with Gasteiger partial charge in [0, 0.05) is 5.39 Å². The molecule has 2 rings (SSSR count). The molecule has 2 aromatic rings. The van der Waals surface area contributed by atoms with Gasteiger partial charge in [0.1, 0.15) is 24.1 Å². The van der Waals surface area contributed by atoms with E-state index < -0.39 is 25.5 Å². The van der Waals surface area contributed by atoms with Crippen molar-refractivity contribution in [2.75, 3.05) is 13.2 Å². The topological polar surface area (TPSA) is 42.6 Å². The minimum absolute atomic E-state index is 0.197. The molecule has 0 aliphatic heterocycles. The highest BCUT2D eigenvalue weighted by molar-refractivity contribution is 5.78. The summed E-state index contributed by atoms with van der Waals surface area (Å²) in [5.74, 6) is 0.197. The molecule has 1 atom stereocenters. The standard InChI is InChI=1S/C13H13F3O3/c1-8-2-3-11-9(4-8)5-12(19-11)10(17)6-18-7-13(14,15)16/h2-5,10,17H,6-7H2,1H3. The van der Waals surface area contributed by atoms with Gasteiger partial charge in [-0.15, -0.1) is 0 Å². The number of benzene rings is 1. The van der Waals surface area contributed by atoms with Crippen molar-refractivity contribution in [1.29, 1.82) is 0 Å². The van der Waals surface area contributed by atoms with Crippen LogP contribution in [0, 0.1) is 6.92 Å². The fraction of sp³-hybridized carbons (Fsp3) is 0.385. The Balaban J connectivity index is 2.03. The third kappa shape index (κ3) is 3.71. The smallest absolute Gasteiger partial charge is 0.411 e. The lowest BCUT2D eigenvalue weighted by molar-refractivity contribution is -0.179. The van der Waals surface area contributed by atoms with Crippen LogP contribution >= 0.6 is 0 Å². The average Bonchev–Trinajstić information content (AvgIpc) is 2.70. The lowest BCUT2D eigenvalue weighted by atomic mass is 10.2. The van der Waals surface area contributed by atoms with E-state index in [0.29, 0.717) is 5.58 Å². The number of aryl methyl sites for hydroxylation is 1. The molecule has 0 saturated carbocycles. The zero-order chi connectivity index (χ0) is 14.0. The highest BCUT2D eigenvalue weighted by Crippen LogP contribution is 2.25. The van der Waals surface area contributed by atoms with Crippen LogP contribution in [0.1, 0.15) is 17.4 Å². The molecular formula is C13H13F3O3. The molecule has 0 aliphatic rings. The van der Waals surface area contributed by atoms with Gasteiger partial charge in [-0.05, 0) is 25.1 Å². The molecule has 0 fully saturated rings. The van der Waals surface area contributed by atoms with Crippen LogP contribution in [0.5, 0.6) is 0 Å². The quantitative estimate of drug-likeness (QED) is 0.929. The Bertz CT molecular complexity index is 560. The predicted octanol–water partition coefficient (Wildman–Crippen LogP) is 3.35. The highest BCUT2D eigenvalue weighted by Gasteiger charge is 2.28. The Labute approximate surface area is 107 Å². The number of aliphatic hydroxyl groups is 1. The number of fused-ring (bicyclic) bond motifs is 1. The molecule has 3 nitrogen and oxygen atoms in total. The fourth-order valence-corrected chi connectivity index (χ4v) is 1.72. The second-order valence-electron chi connectivity index (χ2n) is 4.34. The fourth-order valence-electron chi connectivity index (χ4n) is 1.72. The van der Waals surface area contributed by atoms with Gasteiger partial charge in [0.15, 0.2) is 0 Å². The molecule has 1 aromatic heterocycles. The maximum atomic E-state index is 11.9. The van der Waals surface area contributed by atoms with Crippen molar-refractivity contribution < 1.29 is 27.4 Å². The number of ether oxygens (including phenoxy) is 1. The van der Waals surface area contributed by atoms with Gasteiger partial charge in [-0.2, -0.15) is 13.2 Å². The third-order valence-corrected chi connectivity index (χ3v) is 2.56. The molecule has 104 valence electrons. The largest absolute Gasteiger partial charge is 0.458 e. The molecular weight excluding hydrogens is 261 g/mol. The van der Waals surface area contributed by atoms with Crippen LogP contribution in [0.25, 0.3) is 11.0 Å². The van der Waals surface area contributed by atoms with E-state index in [1.165, 1.54) is 0 Å². The van der Waals surface area contributed by atoms with Crippen molar-refractivity contribution in [2.24, 2.45) is 0 Å². The Morgan fingerprint density at radius 3 is 2.74 bits per heavy atom. The molecule has 19 heavy (non-hydrogen) atoms. The van der Waals surface area contributed by atoms with E-state index >= 15 is 0 Å². The van der Waals surface area contributed by atoms with E-state index in [2.05, 4.69) is 4.74 Å². The molecule has 1 aromatic carbocycles. The lowest BCUT2D eigenvalue weighted by Crippen LogP contribution is -2.19. The SMILES string of the molecule is Cc1ccc2oc(C(O)COCC(F)(F)F)cc2c1. The van der Waals surface area contributed by atoms with Crippen molar-refractivity contribution in [3.63, 3.8) is 0 Å². The molecule has 0 amide bonds. The molecule has 1 unspecified atom stereocenters. The Hall–Kier alpha value is -1.53. The molecule has 0 bridgehead atoms. The number of hydrogen-bond donors (Lipinski definition) is 1. The molecule has 1 N–H and O–H groups in total. The van der Waals surface area contributed by atoms with E-state index in [1.807, 2.05) is 19.1 Å². The van der Waals surface area contributed by atoms with Gasteiger partial charge < -0.3 is 14.3 Å². The van der Waals surface area contributed by atoms with Crippen LogP contribution in [-0.4, -0.2) is 24.5 Å². The maximum Gasteiger partial charge on any atom is 0.411 e.